The van der Waals surface area contributed by atoms with Crippen molar-refractivity contribution < 1.29 is 12.9 Å². The van der Waals surface area contributed by atoms with Gasteiger partial charge in [-0.25, -0.2) is 12.7 Å². The van der Waals surface area contributed by atoms with Crippen LogP contribution >= 0.6 is 0 Å². The minimum absolute atomic E-state index is 0.112. The van der Waals surface area contributed by atoms with E-state index in [9.17, 15) is 8.42 Å². The number of para-hydroxylation sites is 1. The highest BCUT2D eigenvalue weighted by Gasteiger charge is 2.39. The van der Waals surface area contributed by atoms with Crippen LogP contribution in [0.2, 0.25) is 0 Å². The topological polar surface area (TPSA) is 89.4 Å². The predicted octanol–water partition coefficient (Wildman–Crippen LogP) is 2.33. The summed E-state index contributed by atoms with van der Waals surface area (Å²) in [6.45, 7) is 1.34. The molecule has 2 atom stereocenters. The van der Waals surface area contributed by atoms with E-state index in [4.69, 9.17) is 10.3 Å². The number of hydrogen-bond donors (Lipinski definition) is 1. The fourth-order valence-corrected chi connectivity index (χ4v) is 5.22. The molecule has 4 rings (SSSR count). The second kappa shape index (κ2) is 6.83. The number of fused-ring (bicyclic) bond motifs is 1. The van der Waals surface area contributed by atoms with Gasteiger partial charge in [0.15, 0.2) is 5.58 Å². The van der Waals surface area contributed by atoms with Crippen LogP contribution in [0.3, 0.4) is 0 Å². The quantitative estimate of drug-likeness (QED) is 0.743. The van der Waals surface area contributed by atoms with E-state index in [1.165, 1.54) is 0 Å². The van der Waals surface area contributed by atoms with Crippen molar-refractivity contribution in [1.29, 1.82) is 0 Å². The highest BCUT2D eigenvalue weighted by atomic mass is 32.2. The maximum Gasteiger partial charge on any atom is 0.220 e. The summed E-state index contributed by atoms with van der Waals surface area (Å²) in [5.74, 6) is 0.0641. The van der Waals surface area contributed by atoms with Gasteiger partial charge >= 0.3 is 0 Å². The average Bonchev–Trinajstić information content (AvgIpc) is 3.27. The maximum absolute atomic E-state index is 13.0. The Morgan fingerprint density at radius 3 is 2.58 bits per heavy atom. The van der Waals surface area contributed by atoms with Crippen molar-refractivity contribution >= 4 is 21.0 Å². The molecule has 1 aliphatic heterocycles. The third-order valence-electron chi connectivity index (χ3n) is 5.10. The molecule has 0 radical (unpaired) electrons. The van der Waals surface area contributed by atoms with Crippen LogP contribution in [0.4, 0.5) is 0 Å². The third-order valence-corrected chi connectivity index (χ3v) is 6.83. The molecule has 26 heavy (non-hydrogen) atoms. The molecule has 1 aromatic heterocycles. The van der Waals surface area contributed by atoms with Gasteiger partial charge in [-0.15, -0.1) is 0 Å². The lowest BCUT2D eigenvalue weighted by molar-refractivity contribution is 0.440. The Morgan fingerprint density at radius 2 is 1.81 bits per heavy atom. The van der Waals surface area contributed by atoms with Crippen LogP contribution in [-0.2, 0) is 15.8 Å². The summed E-state index contributed by atoms with van der Waals surface area (Å²) in [6.07, 6.45) is 0. The summed E-state index contributed by atoms with van der Waals surface area (Å²) < 4.78 is 32.8. The van der Waals surface area contributed by atoms with E-state index < -0.39 is 10.0 Å². The van der Waals surface area contributed by atoms with Crippen molar-refractivity contribution in [2.24, 2.45) is 11.7 Å². The van der Waals surface area contributed by atoms with E-state index in [-0.39, 0.29) is 17.6 Å². The highest BCUT2D eigenvalue weighted by Crippen LogP contribution is 2.34. The largest absolute Gasteiger partial charge is 0.356 e. The number of aromatic nitrogens is 1. The maximum atomic E-state index is 13.0. The minimum atomic E-state index is -3.50. The molecular weight excluding hydrogens is 350 g/mol. The van der Waals surface area contributed by atoms with E-state index in [0.717, 1.165) is 10.9 Å². The van der Waals surface area contributed by atoms with Crippen LogP contribution in [-0.4, -0.2) is 37.5 Å². The molecule has 2 N–H and O–H groups in total. The molecule has 0 bridgehead atoms. The van der Waals surface area contributed by atoms with Crippen LogP contribution in [0.5, 0.6) is 0 Å². The van der Waals surface area contributed by atoms with Gasteiger partial charge in [0.25, 0.3) is 0 Å². The molecule has 0 unspecified atom stereocenters. The molecule has 3 aromatic rings. The molecule has 1 aliphatic rings. The lowest BCUT2D eigenvalue weighted by Crippen LogP contribution is -2.31. The molecule has 0 amide bonds. The highest BCUT2D eigenvalue weighted by molar-refractivity contribution is 7.88. The monoisotopic (exact) mass is 371 g/mol. The van der Waals surface area contributed by atoms with Crippen molar-refractivity contribution in [3.05, 3.63) is 65.9 Å². The lowest BCUT2D eigenvalue weighted by atomic mass is 9.89. The van der Waals surface area contributed by atoms with Gasteiger partial charge in [0.05, 0.1) is 0 Å². The van der Waals surface area contributed by atoms with Crippen LogP contribution in [0.15, 0.2) is 59.1 Å². The van der Waals surface area contributed by atoms with Gasteiger partial charge in [-0.2, -0.15) is 0 Å². The van der Waals surface area contributed by atoms with E-state index in [1.807, 2.05) is 48.5 Å². The Kier molecular flexibility index (Phi) is 4.52. The first-order valence-electron chi connectivity index (χ1n) is 8.64. The van der Waals surface area contributed by atoms with E-state index in [0.29, 0.717) is 30.9 Å². The molecule has 6 nitrogen and oxygen atoms in total. The molecule has 7 heteroatoms. The summed E-state index contributed by atoms with van der Waals surface area (Å²) in [5.41, 5.74) is 8.11. The number of nitrogens with zero attached hydrogens (tertiary/aromatic N) is 2. The standard InChI is InChI=1S/C19H21N3O3S/c20-10-15-11-22(12-17(15)14-6-2-1-3-7-14)26(23,24)13-18-16-8-4-5-9-19(16)25-21-18/h1-9,15,17H,10-13,20H2/t15-,17+/m1/s1. The van der Waals surface area contributed by atoms with E-state index in [2.05, 4.69) is 5.16 Å². The van der Waals surface area contributed by atoms with Crippen LogP contribution < -0.4 is 5.73 Å². The summed E-state index contributed by atoms with van der Waals surface area (Å²) in [5, 5.41) is 4.70. The van der Waals surface area contributed by atoms with Crippen LogP contribution in [0.25, 0.3) is 11.0 Å². The molecule has 136 valence electrons. The van der Waals surface area contributed by atoms with Gasteiger partial charge < -0.3 is 10.3 Å². The average molecular weight is 371 g/mol. The number of nitrogens with two attached hydrogens (primary N) is 1. The van der Waals surface area contributed by atoms with Gasteiger partial charge in [-0.05, 0) is 30.2 Å². The van der Waals surface area contributed by atoms with Crippen LogP contribution in [0.1, 0.15) is 17.2 Å². The predicted molar refractivity (Wildman–Crippen MR) is 99.9 cm³/mol. The number of hydrogen-bond acceptors (Lipinski definition) is 5. The van der Waals surface area contributed by atoms with Crippen molar-refractivity contribution in [1.82, 2.24) is 9.46 Å². The summed E-state index contributed by atoms with van der Waals surface area (Å²) >= 11 is 0. The number of benzene rings is 2. The van der Waals surface area contributed by atoms with E-state index in [1.54, 1.807) is 10.4 Å². The Balaban J connectivity index is 1.58. The fourth-order valence-electron chi connectivity index (χ4n) is 3.68. The number of rotatable bonds is 5. The normalized spacial score (nSPS) is 21.4. The molecule has 0 saturated carbocycles. The molecule has 1 fully saturated rings. The second-order valence-corrected chi connectivity index (χ2v) is 8.68. The van der Waals surface area contributed by atoms with E-state index >= 15 is 0 Å². The molecule has 0 spiro atoms. The lowest BCUT2D eigenvalue weighted by Gasteiger charge is -2.16. The molecular formula is C19H21N3O3S. The van der Waals surface area contributed by atoms with Gasteiger partial charge in [0, 0.05) is 24.4 Å². The van der Waals surface area contributed by atoms with Crippen molar-refractivity contribution in [3.63, 3.8) is 0 Å². The van der Waals surface area contributed by atoms with Crippen molar-refractivity contribution in [2.75, 3.05) is 19.6 Å². The Labute approximate surface area is 152 Å². The Hall–Kier alpha value is -2.22. The zero-order valence-electron chi connectivity index (χ0n) is 14.3. The van der Waals surface area contributed by atoms with Crippen molar-refractivity contribution in [2.45, 2.75) is 11.7 Å². The zero-order valence-corrected chi connectivity index (χ0v) is 15.1. The van der Waals surface area contributed by atoms with Crippen molar-refractivity contribution in [3.8, 4) is 0 Å². The SMILES string of the molecule is NC[C@@H]1CN(S(=O)(=O)Cc2noc3ccccc23)C[C@H]1c1ccccc1. The Bertz CT molecular complexity index is 1000. The van der Waals surface area contributed by atoms with Crippen LogP contribution in [0, 0.1) is 5.92 Å². The summed E-state index contributed by atoms with van der Waals surface area (Å²) in [6, 6.07) is 17.3. The number of sulfonamides is 1. The Morgan fingerprint density at radius 1 is 1.08 bits per heavy atom. The first kappa shape index (κ1) is 17.2. The minimum Gasteiger partial charge on any atom is -0.356 e. The smallest absolute Gasteiger partial charge is 0.220 e. The molecule has 2 heterocycles. The molecule has 2 aromatic carbocycles. The van der Waals surface area contributed by atoms with Gasteiger partial charge in [0.1, 0.15) is 11.4 Å². The first-order chi connectivity index (χ1) is 12.6. The first-order valence-corrected chi connectivity index (χ1v) is 10.3. The third kappa shape index (κ3) is 3.13. The molecule has 1 saturated heterocycles. The van der Waals surface area contributed by atoms with Gasteiger partial charge in [-0.1, -0.05) is 47.6 Å². The zero-order chi connectivity index (χ0) is 18.1. The second-order valence-electron chi connectivity index (χ2n) is 6.71. The van der Waals surface area contributed by atoms with Gasteiger partial charge in [0.2, 0.25) is 10.0 Å². The molecule has 0 aliphatic carbocycles. The fraction of sp³-hybridized carbons (Fsp3) is 0.316. The summed E-state index contributed by atoms with van der Waals surface area (Å²) in [4.78, 5) is 0. The summed E-state index contributed by atoms with van der Waals surface area (Å²) in [7, 11) is -3.50. The van der Waals surface area contributed by atoms with Gasteiger partial charge in [-0.3, -0.25) is 0 Å².